The number of nitrogens with zero attached hydrogens (tertiary/aromatic N) is 2. The Bertz CT molecular complexity index is 1810. The van der Waals surface area contributed by atoms with Gasteiger partial charge in [-0.2, -0.15) is 0 Å². The summed E-state index contributed by atoms with van der Waals surface area (Å²) in [5, 5.41) is 27.6. The molecular formula is C38H40F2N4O7. The van der Waals surface area contributed by atoms with E-state index in [1.165, 1.54) is 12.1 Å². The van der Waals surface area contributed by atoms with Crippen molar-refractivity contribution >= 4 is 23.7 Å². The summed E-state index contributed by atoms with van der Waals surface area (Å²) in [6.45, 7) is 5.34. The SMILES string of the molecule is CCCN(CCC)C(=O)c1cccc(C(=O)NC(Cc2cc(F)cc(F)c2)C(CNCc2ccccc2)c2cc([N+](=O)[O-])ccc2OC(=O)O)c1. The molecule has 0 saturated carbocycles. The number of non-ortho nitro benzene ring substituents is 1. The van der Waals surface area contributed by atoms with Gasteiger partial charge in [-0.15, -0.1) is 0 Å². The second kappa shape index (κ2) is 18.3. The lowest BCUT2D eigenvalue weighted by atomic mass is 9.86. The summed E-state index contributed by atoms with van der Waals surface area (Å²) in [6, 6.07) is 20.7. The summed E-state index contributed by atoms with van der Waals surface area (Å²) < 4.78 is 33.9. The first-order valence-corrected chi connectivity index (χ1v) is 16.6. The van der Waals surface area contributed by atoms with Crippen molar-refractivity contribution < 1.29 is 37.9 Å². The minimum Gasteiger partial charge on any atom is -0.449 e. The molecule has 0 spiro atoms. The van der Waals surface area contributed by atoms with Crippen molar-refractivity contribution in [3.05, 3.63) is 141 Å². The van der Waals surface area contributed by atoms with Crippen LogP contribution in [-0.2, 0) is 13.0 Å². The molecule has 0 bridgehead atoms. The zero-order chi connectivity index (χ0) is 36.9. The number of ether oxygens (including phenoxy) is 1. The van der Waals surface area contributed by atoms with Gasteiger partial charge in [-0.25, -0.2) is 13.6 Å². The Morgan fingerprint density at radius 3 is 2.16 bits per heavy atom. The highest BCUT2D eigenvalue weighted by atomic mass is 19.1. The zero-order valence-electron chi connectivity index (χ0n) is 28.3. The molecule has 0 aliphatic rings. The Labute approximate surface area is 294 Å². The molecule has 0 radical (unpaired) electrons. The summed E-state index contributed by atoms with van der Waals surface area (Å²) in [5.74, 6) is -3.75. The lowest BCUT2D eigenvalue weighted by molar-refractivity contribution is -0.385. The third-order valence-corrected chi connectivity index (χ3v) is 8.16. The predicted molar refractivity (Wildman–Crippen MR) is 187 cm³/mol. The van der Waals surface area contributed by atoms with E-state index >= 15 is 0 Å². The third-order valence-electron chi connectivity index (χ3n) is 8.16. The molecule has 51 heavy (non-hydrogen) atoms. The maximum absolute atomic E-state index is 14.4. The molecule has 0 fully saturated rings. The van der Waals surface area contributed by atoms with E-state index in [1.807, 2.05) is 44.2 Å². The van der Waals surface area contributed by atoms with Gasteiger partial charge in [0.1, 0.15) is 17.4 Å². The van der Waals surface area contributed by atoms with Crippen LogP contribution in [0.3, 0.4) is 0 Å². The number of rotatable bonds is 17. The quantitative estimate of drug-likeness (QED) is 0.0456. The van der Waals surface area contributed by atoms with Crippen LogP contribution >= 0.6 is 0 Å². The van der Waals surface area contributed by atoms with Crippen LogP contribution in [0.1, 0.15) is 70.0 Å². The Morgan fingerprint density at radius 2 is 1.53 bits per heavy atom. The van der Waals surface area contributed by atoms with E-state index in [1.54, 1.807) is 17.0 Å². The van der Waals surface area contributed by atoms with Gasteiger partial charge in [-0.3, -0.25) is 19.7 Å². The molecular weight excluding hydrogens is 662 g/mol. The van der Waals surface area contributed by atoms with Crippen molar-refractivity contribution in [1.82, 2.24) is 15.5 Å². The minimum absolute atomic E-state index is 0.0102. The Balaban J connectivity index is 1.80. The second-order valence-corrected chi connectivity index (χ2v) is 12.0. The molecule has 0 heterocycles. The molecule has 2 amide bonds. The Hall–Kier alpha value is -5.69. The van der Waals surface area contributed by atoms with Gasteiger partial charge in [0.15, 0.2) is 0 Å². The molecule has 0 aromatic heterocycles. The largest absolute Gasteiger partial charge is 0.511 e. The Kier molecular flexibility index (Phi) is 13.7. The minimum atomic E-state index is -1.67. The Morgan fingerprint density at radius 1 is 0.863 bits per heavy atom. The summed E-state index contributed by atoms with van der Waals surface area (Å²) in [4.78, 5) is 52.0. The van der Waals surface area contributed by atoms with Gasteiger partial charge in [0.2, 0.25) is 0 Å². The van der Waals surface area contributed by atoms with E-state index in [-0.39, 0.29) is 47.0 Å². The monoisotopic (exact) mass is 702 g/mol. The molecule has 2 unspecified atom stereocenters. The third kappa shape index (κ3) is 10.9. The lowest BCUT2D eigenvalue weighted by Gasteiger charge is -2.30. The van der Waals surface area contributed by atoms with Crippen molar-refractivity contribution in [3.63, 3.8) is 0 Å². The number of nitro benzene ring substituents is 1. The summed E-state index contributed by atoms with van der Waals surface area (Å²) in [6.07, 6.45) is -0.346. The van der Waals surface area contributed by atoms with E-state index in [0.29, 0.717) is 31.3 Å². The van der Waals surface area contributed by atoms with Gasteiger partial charge in [-0.05, 0) is 66.8 Å². The van der Waals surface area contributed by atoms with E-state index in [0.717, 1.165) is 48.7 Å². The fraction of sp³-hybridized carbons (Fsp3) is 0.289. The maximum Gasteiger partial charge on any atom is 0.511 e. The number of nitrogens with one attached hydrogen (secondary N) is 2. The first-order valence-electron chi connectivity index (χ1n) is 16.6. The van der Waals surface area contributed by atoms with Crippen LogP contribution in [0.5, 0.6) is 5.75 Å². The molecule has 0 aliphatic carbocycles. The van der Waals surface area contributed by atoms with Gasteiger partial charge in [-0.1, -0.05) is 50.2 Å². The second-order valence-electron chi connectivity index (χ2n) is 12.0. The fourth-order valence-corrected chi connectivity index (χ4v) is 5.92. The number of hydrogen-bond acceptors (Lipinski definition) is 7. The average Bonchev–Trinajstić information content (AvgIpc) is 3.09. The van der Waals surface area contributed by atoms with Crippen LogP contribution in [0.15, 0.2) is 91.0 Å². The average molecular weight is 703 g/mol. The summed E-state index contributed by atoms with van der Waals surface area (Å²) in [5.41, 5.74) is 1.18. The fourth-order valence-electron chi connectivity index (χ4n) is 5.92. The predicted octanol–water partition coefficient (Wildman–Crippen LogP) is 7.11. The van der Waals surface area contributed by atoms with E-state index in [9.17, 15) is 38.4 Å². The van der Waals surface area contributed by atoms with Crippen molar-refractivity contribution in [1.29, 1.82) is 0 Å². The van der Waals surface area contributed by atoms with Crippen molar-refractivity contribution in [2.45, 2.75) is 51.6 Å². The topological polar surface area (TPSA) is 151 Å². The zero-order valence-corrected chi connectivity index (χ0v) is 28.3. The van der Waals surface area contributed by atoms with E-state index < -0.39 is 40.6 Å². The van der Waals surface area contributed by atoms with Crippen molar-refractivity contribution in [2.24, 2.45) is 0 Å². The number of carbonyl (C=O) groups is 3. The van der Waals surface area contributed by atoms with Gasteiger partial charge in [0.05, 0.1) is 4.92 Å². The van der Waals surface area contributed by atoms with Crippen LogP contribution in [0, 0.1) is 21.7 Å². The number of benzene rings is 4. The highest BCUT2D eigenvalue weighted by Gasteiger charge is 2.31. The molecule has 2 atom stereocenters. The number of nitro groups is 1. The molecule has 13 heteroatoms. The first-order chi connectivity index (χ1) is 24.5. The molecule has 4 aromatic carbocycles. The molecule has 0 aliphatic heterocycles. The number of carboxylic acid groups (broad SMARTS) is 1. The molecule has 4 aromatic rings. The number of hydrogen-bond donors (Lipinski definition) is 3. The highest BCUT2D eigenvalue weighted by molar-refractivity contribution is 5.99. The van der Waals surface area contributed by atoms with Crippen LogP contribution in [0.25, 0.3) is 0 Å². The standard InChI is InChI=1S/C38H40F2N4O7/c1-3-15-43(16-4-2)37(46)28-12-8-11-27(20-28)36(45)42-34(19-26-17-29(39)21-30(40)18-26)33(24-41-23-25-9-6-5-7-10-25)32-22-31(44(49)50)13-14-35(32)51-38(47)48/h5-14,17-18,20-22,33-34,41H,3-4,15-16,19,23-24H2,1-2H3,(H,42,45)(H,47,48). The van der Waals surface area contributed by atoms with Gasteiger partial charge in [0, 0.05) is 73.0 Å². The lowest BCUT2D eigenvalue weighted by Crippen LogP contribution is -2.44. The molecule has 268 valence electrons. The van der Waals surface area contributed by atoms with Crippen molar-refractivity contribution in [2.75, 3.05) is 19.6 Å². The van der Waals surface area contributed by atoms with Gasteiger partial charge >= 0.3 is 6.16 Å². The van der Waals surface area contributed by atoms with E-state index in [2.05, 4.69) is 10.6 Å². The van der Waals surface area contributed by atoms with E-state index in [4.69, 9.17) is 4.74 Å². The van der Waals surface area contributed by atoms with Crippen LogP contribution < -0.4 is 15.4 Å². The molecule has 11 nitrogen and oxygen atoms in total. The normalized spacial score (nSPS) is 12.1. The van der Waals surface area contributed by atoms with Crippen molar-refractivity contribution in [3.8, 4) is 5.75 Å². The van der Waals surface area contributed by atoms with Gasteiger partial charge in [0.25, 0.3) is 17.5 Å². The smallest absolute Gasteiger partial charge is 0.449 e. The molecule has 4 rings (SSSR count). The van der Waals surface area contributed by atoms with Crippen LogP contribution in [-0.4, -0.2) is 58.6 Å². The number of amides is 2. The molecule has 3 N–H and O–H groups in total. The van der Waals surface area contributed by atoms with Gasteiger partial charge < -0.3 is 25.4 Å². The first kappa shape index (κ1) is 38.1. The maximum atomic E-state index is 14.4. The highest BCUT2D eigenvalue weighted by Crippen LogP contribution is 2.34. The number of carbonyl (C=O) groups excluding carboxylic acids is 2. The number of halogens is 2. The summed E-state index contributed by atoms with van der Waals surface area (Å²) in [7, 11) is 0. The van der Waals surface area contributed by atoms with Crippen LogP contribution in [0.2, 0.25) is 0 Å². The summed E-state index contributed by atoms with van der Waals surface area (Å²) >= 11 is 0. The molecule has 0 saturated heterocycles. The van der Waals surface area contributed by atoms with Crippen LogP contribution in [0.4, 0.5) is 19.3 Å².